The van der Waals surface area contributed by atoms with E-state index in [9.17, 15) is 5.11 Å². The van der Waals surface area contributed by atoms with Crippen LogP contribution in [-0.4, -0.2) is 37.7 Å². The van der Waals surface area contributed by atoms with Crippen molar-refractivity contribution in [2.75, 3.05) is 13.6 Å². The van der Waals surface area contributed by atoms with Gasteiger partial charge in [0.15, 0.2) is 0 Å². The van der Waals surface area contributed by atoms with Crippen LogP contribution in [-0.2, 0) is 22.7 Å². The molecule has 1 aliphatic heterocycles. The third-order valence-corrected chi connectivity index (χ3v) is 9.04. The van der Waals surface area contributed by atoms with Crippen molar-refractivity contribution in [3.05, 3.63) is 134 Å². The van der Waals surface area contributed by atoms with Crippen LogP contribution in [0.5, 0.6) is 0 Å². The van der Waals surface area contributed by atoms with Crippen LogP contribution in [0.2, 0.25) is 19.6 Å². The van der Waals surface area contributed by atoms with E-state index < -0.39 is 13.7 Å². The molecule has 2 nitrogen and oxygen atoms in total. The maximum atomic E-state index is 12.4. The van der Waals surface area contributed by atoms with E-state index in [1.165, 1.54) is 17.9 Å². The molecule has 0 amide bonds. The smallest absolute Gasteiger partial charge is 0.380 e. The van der Waals surface area contributed by atoms with Crippen LogP contribution < -0.4 is 0 Å². The molecule has 182 valence electrons. The van der Waals surface area contributed by atoms with Gasteiger partial charge in [0.25, 0.3) is 0 Å². The number of aliphatic hydroxyl groups is 1. The zero-order valence-electron chi connectivity index (χ0n) is 21.3. The Bertz CT molecular complexity index is 833. The van der Waals surface area contributed by atoms with Crippen LogP contribution in [0.3, 0.4) is 0 Å². The van der Waals surface area contributed by atoms with Crippen molar-refractivity contribution in [1.82, 2.24) is 4.90 Å². The fraction of sp³-hybridized carbons (Fsp3) is 0.290. The number of hydrogen-bond donors (Lipinski definition) is 1. The van der Waals surface area contributed by atoms with Gasteiger partial charge in [-0.3, -0.25) is 0 Å². The second kappa shape index (κ2) is 12.6. The molecule has 3 fully saturated rings. The molecule has 2 aromatic carbocycles. The summed E-state index contributed by atoms with van der Waals surface area (Å²) in [4.78, 5) is 2.47. The number of likely N-dealkylation sites (tertiary alicyclic amines) is 1. The molecule has 10 radical (unpaired) electrons. The van der Waals surface area contributed by atoms with Gasteiger partial charge in [0, 0.05) is 17.9 Å². The molecule has 2 aromatic rings. The minimum absolute atomic E-state index is 0. The molecular weight excluding hydrogens is 486 g/mol. The van der Waals surface area contributed by atoms with Gasteiger partial charge in [-0.2, -0.15) is 0 Å². The molecular formula is C31H37FeNOSi+2. The molecule has 2 saturated carbocycles. The summed E-state index contributed by atoms with van der Waals surface area (Å²) < 4.78 is 0. The maximum absolute atomic E-state index is 12.4. The number of nitrogens with zero attached hydrogens (tertiary/aromatic N) is 1. The maximum Gasteiger partial charge on any atom is 2.00 e. The number of benzene rings is 2. The van der Waals surface area contributed by atoms with Gasteiger partial charge >= 0.3 is 17.1 Å². The molecule has 1 heterocycles. The molecule has 1 saturated heterocycles. The Morgan fingerprint density at radius 2 is 1.29 bits per heavy atom. The average molecular weight is 524 g/mol. The van der Waals surface area contributed by atoms with Gasteiger partial charge in [-0.1, -0.05) is 80.3 Å². The van der Waals surface area contributed by atoms with Gasteiger partial charge in [-0.25, -0.2) is 0 Å². The van der Waals surface area contributed by atoms with Gasteiger partial charge in [-0.15, -0.1) is 0 Å². The first-order valence-electron chi connectivity index (χ1n) is 12.3. The van der Waals surface area contributed by atoms with E-state index in [1.807, 2.05) is 68.5 Å². The fourth-order valence-corrected chi connectivity index (χ4v) is 6.94. The molecule has 5 rings (SSSR count). The first-order chi connectivity index (χ1) is 16.3. The molecule has 0 spiro atoms. The summed E-state index contributed by atoms with van der Waals surface area (Å²) >= 11 is 0. The SMILES string of the molecule is CN1CCC[C@@H]1[C]1[C](C(O)(c2ccccc2)c2ccccc2)[CH][CH][C]1[Si](C)(C)C.[CH]1[CH][CH][CH][CH]1.[Fe+2]. The fourth-order valence-electron chi connectivity index (χ4n) is 5.25. The van der Waals surface area contributed by atoms with Crippen LogP contribution >= 0.6 is 0 Å². The van der Waals surface area contributed by atoms with E-state index in [0.29, 0.717) is 6.04 Å². The molecule has 0 aromatic heterocycles. The van der Waals surface area contributed by atoms with Gasteiger partial charge < -0.3 is 10.0 Å². The van der Waals surface area contributed by atoms with Crippen molar-refractivity contribution in [2.24, 2.45) is 0 Å². The summed E-state index contributed by atoms with van der Waals surface area (Å²) in [5.41, 5.74) is 2.19. The summed E-state index contributed by atoms with van der Waals surface area (Å²) in [6.45, 7) is 8.35. The Labute approximate surface area is 226 Å². The zero-order chi connectivity index (χ0) is 24.2. The van der Waals surface area contributed by atoms with Crippen LogP contribution in [0, 0.1) is 62.3 Å². The Hall–Kier alpha value is -0.904. The second-order valence-electron chi connectivity index (χ2n) is 10.4. The van der Waals surface area contributed by atoms with Crippen molar-refractivity contribution >= 4 is 8.07 Å². The summed E-state index contributed by atoms with van der Waals surface area (Å²) in [6, 6.07) is 20.7. The largest absolute Gasteiger partial charge is 2.00 e. The number of rotatable bonds is 5. The number of hydrogen-bond acceptors (Lipinski definition) is 2. The van der Waals surface area contributed by atoms with Crippen molar-refractivity contribution in [2.45, 2.75) is 44.1 Å². The van der Waals surface area contributed by atoms with Crippen molar-refractivity contribution < 1.29 is 22.2 Å². The zero-order valence-corrected chi connectivity index (χ0v) is 23.4. The van der Waals surface area contributed by atoms with E-state index in [-0.39, 0.29) is 17.1 Å². The minimum Gasteiger partial charge on any atom is -0.380 e. The van der Waals surface area contributed by atoms with Crippen molar-refractivity contribution in [1.29, 1.82) is 0 Å². The molecule has 2 aliphatic carbocycles. The van der Waals surface area contributed by atoms with Crippen LogP contribution in [0.4, 0.5) is 0 Å². The summed E-state index contributed by atoms with van der Waals surface area (Å²) in [7, 11) is 0.656. The minimum atomic E-state index is -1.57. The Kier molecular flexibility index (Phi) is 10.3. The quantitative estimate of drug-likeness (QED) is 0.482. The van der Waals surface area contributed by atoms with Crippen molar-refractivity contribution in [3.8, 4) is 0 Å². The summed E-state index contributed by atoms with van der Waals surface area (Å²) in [6.07, 6.45) is 16.9. The van der Waals surface area contributed by atoms with E-state index in [0.717, 1.165) is 30.0 Å². The van der Waals surface area contributed by atoms with E-state index >= 15 is 0 Å². The monoisotopic (exact) mass is 523 g/mol. The Morgan fingerprint density at radius 1 is 0.800 bits per heavy atom. The molecule has 0 bridgehead atoms. The van der Waals surface area contributed by atoms with Crippen LogP contribution in [0.1, 0.15) is 24.0 Å². The van der Waals surface area contributed by atoms with Gasteiger partial charge in [0.1, 0.15) is 5.60 Å². The molecule has 1 atom stereocenters. The summed E-state index contributed by atoms with van der Waals surface area (Å²) in [5, 5.41) is 12.4. The second-order valence-corrected chi connectivity index (χ2v) is 15.4. The predicted octanol–water partition coefficient (Wildman–Crippen LogP) is 6.06. The van der Waals surface area contributed by atoms with Gasteiger partial charge in [0.05, 0.1) is 8.07 Å². The topological polar surface area (TPSA) is 23.5 Å². The first kappa shape index (κ1) is 28.7. The van der Waals surface area contributed by atoms with E-state index in [2.05, 4.69) is 68.7 Å². The molecule has 0 unspecified atom stereocenters. The first-order valence-corrected chi connectivity index (χ1v) is 15.8. The average Bonchev–Trinajstić information content (AvgIpc) is 3.61. The third kappa shape index (κ3) is 6.33. The predicted molar refractivity (Wildman–Crippen MR) is 145 cm³/mol. The summed E-state index contributed by atoms with van der Waals surface area (Å²) in [5.74, 6) is 2.44. The van der Waals surface area contributed by atoms with E-state index in [4.69, 9.17) is 0 Å². The van der Waals surface area contributed by atoms with Crippen LogP contribution in [0.25, 0.3) is 0 Å². The molecule has 4 heteroatoms. The Balaban J connectivity index is 0.000000509. The van der Waals surface area contributed by atoms with E-state index in [1.54, 1.807) is 0 Å². The van der Waals surface area contributed by atoms with Gasteiger partial charge in [-0.05, 0) is 88.0 Å². The third-order valence-electron chi connectivity index (χ3n) is 6.99. The van der Waals surface area contributed by atoms with Gasteiger partial charge in [0.2, 0.25) is 0 Å². The standard InChI is InChI=1S/C26H32NOSi.C5H5.Fe/c1-27-19-11-16-23(27)25-22(17-18-24(25)29(2,3)4)26(28,20-12-7-5-8-13-20)21-14-9-6-10-15-21;1-2-4-5-3-1;/h5-10,12-15,17-18,23,28H,11,16,19H2,1-4H3;1-5H;/q;;+2/t23-;;/m1../s1. The van der Waals surface area contributed by atoms with Crippen LogP contribution in [0.15, 0.2) is 60.7 Å². The van der Waals surface area contributed by atoms with Crippen molar-refractivity contribution in [3.63, 3.8) is 0 Å². The molecule has 3 aliphatic rings. The molecule has 35 heavy (non-hydrogen) atoms. The normalized spacial score (nSPS) is 22.6. The Morgan fingerprint density at radius 3 is 1.69 bits per heavy atom. The molecule has 1 N–H and O–H groups in total.